The molecule has 2 aliphatic rings. The van der Waals surface area contributed by atoms with Crippen molar-refractivity contribution >= 4 is 23.5 Å². The van der Waals surface area contributed by atoms with E-state index in [4.69, 9.17) is 23.7 Å². The number of anilines is 1. The first-order valence-electron chi connectivity index (χ1n) is 16.9. The van der Waals surface area contributed by atoms with E-state index >= 15 is 0 Å². The number of nitrogens with zero attached hydrogens (tertiary/aromatic N) is 1. The Kier molecular flexibility index (Phi) is 11.5. The van der Waals surface area contributed by atoms with Gasteiger partial charge in [-0.1, -0.05) is 61.9 Å². The first kappa shape index (κ1) is 36.2. The van der Waals surface area contributed by atoms with Crippen LogP contribution in [0, 0.1) is 11.7 Å². The molecule has 2 fully saturated rings. The quantitative estimate of drug-likeness (QED) is 0.0986. The number of rotatable bonds is 14. The number of hydrogen-bond acceptors (Lipinski definition) is 8. The van der Waals surface area contributed by atoms with Crippen LogP contribution in [0.15, 0.2) is 72.8 Å². The van der Waals surface area contributed by atoms with Gasteiger partial charge in [-0.25, -0.2) is 4.39 Å². The maximum absolute atomic E-state index is 13.9. The monoisotopic (exact) mass is 675 g/mol. The van der Waals surface area contributed by atoms with Crippen LogP contribution in [0.2, 0.25) is 0 Å². The van der Waals surface area contributed by atoms with Crippen molar-refractivity contribution in [2.45, 2.75) is 90.4 Å². The van der Waals surface area contributed by atoms with E-state index in [9.17, 15) is 18.8 Å². The zero-order valence-corrected chi connectivity index (χ0v) is 28.9. The molecule has 3 aromatic rings. The molecule has 0 radical (unpaired) electrons. The topological polar surface area (TPSA) is 101 Å². The minimum atomic E-state index is -1.12. The Morgan fingerprint density at radius 2 is 1.59 bits per heavy atom. The molecule has 0 aromatic heterocycles. The Morgan fingerprint density at radius 1 is 0.939 bits per heavy atom. The predicted octanol–water partition coefficient (Wildman–Crippen LogP) is 7.47. The summed E-state index contributed by atoms with van der Waals surface area (Å²) in [6.45, 7) is 9.89. The molecule has 10 heteroatoms. The number of benzene rings is 3. The van der Waals surface area contributed by atoms with E-state index in [2.05, 4.69) is 6.92 Å². The lowest BCUT2D eigenvalue weighted by Gasteiger charge is -2.48. The molecule has 0 spiro atoms. The van der Waals surface area contributed by atoms with Crippen LogP contribution >= 0.6 is 0 Å². The van der Waals surface area contributed by atoms with E-state index in [1.165, 1.54) is 26.0 Å². The summed E-state index contributed by atoms with van der Waals surface area (Å²) in [6, 6.07) is 21.0. The normalized spacial score (nSPS) is 20.3. The lowest BCUT2D eigenvalue weighted by molar-refractivity contribution is -0.307. The lowest BCUT2D eigenvalue weighted by atomic mass is 9.77. The third-order valence-corrected chi connectivity index (χ3v) is 9.05. The molecule has 2 saturated heterocycles. The molecule has 1 amide bonds. The highest BCUT2D eigenvalue weighted by Crippen LogP contribution is 2.47. The number of unbranched alkanes of at least 4 members (excludes halogenated alkanes) is 1. The molecule has 0 unspecified atom stereocenters. The van der Waals surface area contributed by atoms with Crippen molar-refractivity contribution in [2.75, 3.05) is 24.7 Å². The average molecular weight is 676 g/mol. The van der Waals surface area contributed by atoms with Crippen LogP contribution in [-0.2, 0) is 50.3 Å². The Balaban J connectivity index is 1.41. The summed E-state index contributed by atoms with van der Waals surface area (Å²) >= 11 is 0. The van der Waals surface area contributed by atoms with Crippen LogP contribution < -0.4 is 4.90 Å². The summed E-state index contributed by atoms with van der Waals surface area (Å²) in [5.74, 6) is -2.56. The number of halogens is 1. The minimum Gasteiger partial charge on any atom is -0.458 e. The molecular weight excluding hydrogens is 629 g/mol. The van der Waals surface area contributed by atoms with Gasteiger partial charge in [0.25, 0.3) is 0 Å². The van der Waals surface area contributed by atoms with Crippen LogP contribution in [0.5, 0.6) is 0 Å². The summed E-state index contributed by atoms with van der Waals surface area (Å²) in [7, 11) is 0. The highest BCUT2D eigenvalue weighted by molar-refractivity contribution is 6.03. The molecule has 0 bridgehead atoms. The summed E-state index contributed by atoms with van der Waals surface area (Å²) in [6.07, 6.45) is 2.23. The molecule has 3 atom stereocenters. The number of carbonyl (C=O) groups excluding carboxylic acids is 3. The number of esters is 2. The Bertz CT molecular complexity index is 1580. The van der Waals surface area contributed by atoms with Crippen LogP contribution in [0.1, 0.15) is 94.7 Å². The predicted molar refractivity (Wildman–Crippen MR) is 181 cm³/mol. The zero-order chi connectivity index (χ0) is 35.2. The van der Waals surface area contributed by atoms with Gasteiger partial charge in [0.05, 0.1) is 31.8 Å². The molecule has 0 saturated carbocycles. The van der Waals surface area contributed by atoms with Gasteiger partial charge in [0.1, 0.15) is 11.9 Å². The third-order valence-electron chi connectivity index (χ3n) is 9.05. The van der Waals surface area contributed by atoms with Gasteiger partial charge in [-0.15, -0.1) is 0 Å². The Morgan fingerprint density at radius 3 is 2.18 bits per heavy atom. The van der Waals surface area contributed by atoms with Crippen LogP contribution in [0.3, 0.4) is 0 Å². The fraction of sp³-hybridized carbons (Fsp3) is 0.462. The molecule has 0 N–H and O–H groups in total. The van der Waals surface area contributed by atoms with E-state index < -0.39 is 35.3 Å². The molecule has 262 valence electrons. The fourth-order valence-corrected chi connectivity index (χ4v) is 6.40. The first-order chi connectivity index (χ1) is 23.4. The second-order valence-corrected chi connectivity index (χ2v) is 13.2. The highest BCUT2D eigenvalue weighted by atomic mass is 19.1. The maximum atomic E-state index is 13.9. The van der Waals surface area contributed by atoms with Crippen molar-refractivity contribution in [3.8, 4) is 0 Å². The van der Waals surface area contributed by atoms with E-state index in [-0.39, 0.29) is 31.0 Å². The molecule has 49 heavy (non-hydrogen) atoms. The van der Waals surface area contributed by atoms with Gasteiger partial charge in [0, 0.05) is 31.7 Å². The summed E-state index contributed by atoms with van der Waals surface area (Å²) < 4.78 is 42.7. The van der Waals surface area contributed by atoms with Gasteiger partial charge in [-0.3, -0.25) is 14.4 Å². The van der Waals surface area contributed by atoms with Gasteiger partial charge >= 0.3 is 11.9 Å². The average Bonchev–Trinajstić information content (AvgIpc) is 3.07. The summed E-state index contributed by atoms with van der Waals surface area (Å²) in [5.41, 5.74) is 2.93. The van der Waals surface area contributed by atoms with E-state index in [0.717, 1.165) is 29.7 Å². The lowest BCUT2D eigenvalue weighted by Crippen LogP contribution is -2.55. The van der Waals surface area contributed by atoms with Crippen LogP contribution in [0.4, 0.5) is 10.1 Å². The molecule has 2 aliphatic heterocycles. The van der Waals surface area contributed by atoms with Gasteiger partial charge in [-0.2, -0.15) is 0 Å². The van der Waals surface area contributed by atoms with Crippen molar-refractivity contribution in [3.63, 3.8) is 0 Å². The molecule has 9 nitrogen and oxygen atoms in total. The fourth-order valence-electron chi connectivity index (χ4n) is 6.40. The summed E-state index contributed by atoms with van der Waals surface area (Å²) in [4.78, 5) is 39.8. The molecular formula is C39H46FNO8. The van der Waals surface area contributed by atoms with Gasteiger partial charge in [-0.05, 0) is 74.1 Å². The Labute approximate surface area is 287 Å². The number of β-lactam (4-membered cyclic amide) rings is 1. The SMILES string of the molecule is CCCCOCc1ccc(N2C(=O)[C@H](CC[C@H](OC(C)=O)c3ccc(F)cc3)[C@H]2c2ccc(C3(OC(C)=O)COC(C)(C)OC3)cc2)cc1. The smallest absolute Gasteiger partial charge is 0.303 e. The van der Waals surface area contributed by atoms with Crippen molar-refractivity contribution in [3.05, 3.63) is 101 Å². The van der Waals surface area contributed by atoms with Crippen molar-refractivity contribution in [2.24, 2.45) is 5.92 Å². The molecule has 5 rings (SSSR count). The Hall–Kier alpha value is -4.12. The van der Waals surface area contributed by atoms with Crippen molar-refractivity contribution in [1.29, 1.82) is 0 Å². The van der Waals surface area contributed by atoms with Gasteiger partial charge < -0.3 is 28.6 Å². The van der Waals surface area contributed by atoms with Crippen LogP contribution in [-0.4, -0.2) is 43.5 Å². The second-order valence-electron chi connectivity index (χ2n) is 13.2. The number of hydrogen-bond donors (Lipinski definition) is 0. The molecule has 3 aromatic carbocycles. The second kappa shape index (κ2) is 15.6. The van der Waals surface area contributed by atoms with Crippen LogP contribution in [0.25, 0.3) is 0 Å². The van der Waals surface area contributed by atoms with E-state index in [0.29, 0.717) is 37.2 Å². The molecule has 2 heterocycles. The number of ether oxygens (including phenoxy) is 5. The highest BCUT2D eigenvalue weighted by Gasteiger charge is 2.49. The maximum Gasteiger partial charge on any atom is 0.303 e. The zero-order valence-electron chi connectivity index (χ0n) is 28.9. The minimum absolute atomic E-state index is 0.0469. The largest absolute Gasteiger partial charge is 0.458 e. The standard InChI is InChI=1S/C39H46FNO8/c1-6-7-22-45-23-28-8-18-33(19-9-28)41-36(34(37(41)44)20-21-35(48-26(2)42)29-12-16-32(40)17-13-29)30-10-14-31(15-11-30)39(49-27(3)43)24-46-38(4,5)47-25-39/h8-19,34-36H,6-7,20-25H2,1-5H3/t34-,35+,36-/m1/s1. The molecule has 0 aliphatic carbocycles. The van der Waals surface area contributed by atoms with Crippen molar-refractivity contribution < 1.29 is 42.5 Å². The third kappa shape index (κ3) is 8.73. The first-order valence-corrected chi connectivity index (χ1v) is 16.9. The van der Waals surface area contributed by atoms with Crippen molar-refractivity contribution in [1.82, 2.24) is 0 Å². The van der Waals surface area contributed by atoms with E-state index in [1.807, 2.05) is 62.4 Å². The van der Waals surface area contributed by atoms with Gasteiger partial charge in [0.15, 0.2) is 11.4 Å². The number of amides is 1. The van der Waals surface area contributed by atoms with E-state index in [1.54, 1.807) is 17.0 Å². The van der Waals surface area contributed by atoms with Gasteiger partial charge in [0.2, 0.25) is 5.91 Å². The number of carbonyl (C=O) groups is 3. The summed E-state index contributed by atoms with van der Waals surface area (Å²) in [5, 5.41) is 0.